The molecule has 3 aromatic heterocycles. The van der Waals surface area contributed by atoms with Gasteiger partial charge in [-0.2, -0.15) is 5.10 Å². The summed E-state index contributed by atoms with van der Waals surface area (Å²) < 4.78 is 1.79. The molecule has 0 spiro atoms. The largest absolute Gasteiger partial charge is 0.369 e. The number of fused-ring (bicyclic) bond motifs is 1. The highest BCUT2D eigenvalue weighted by Crippen LogP contribution is 2.21. The van der Waals surface area contributed by atoms with Gasteiger partial charge in [-0.25, -0.2) is 15.0 Å². The Balaban J connectivity index is 1.78. The van der Waals surface area contributed by atoms with Gasteiger partial charge in [0.2, 0.25) is 0 Å². The van der Waals surface area contributed by atoms with Crippen LogP contribution in [0.2, 0.25) is 0 Å². The maximum absolute atomic E-state index is 4.59. The van der Waals surface area contributed by atoms with Crippen molar-refractivity contribution in [1.29, 1.82) is 0 Å². The fraction of sp³-hybridized carbons (Fsp3) is 0.467. The Kier molecular flexibility index (Phi) is 4.06. The van der Waals surface area contributed by atoms with Crippen LogP contribution in [0.5, 0.6) is 0 Å². The first-order valence-corrected chi connectivity index (χ1v) is 8.25. The fourth-order valence-corrected chi connectivity index (χ4v) is 3.23. The van der Waals surface area contributed by atoms with E-state index in [1.54, 1.807) is 16.0 Å². The molecule has 0 atom stereocenters. The van der Waals surface area contributed by atoms with E-state index in [0.717, 1.165) is 52.8 Å². The molecule has 0 radical (unpaired) electrons. The topological polar surface area (TPSA) is 68.5 Å². The van der Waals surface area contributed by atoms with Gasteiger partial charge < -0.3 is 5.32 Å². The standard InChI is InChI=1S/C15H20N6S/c1-5-12-19-14(11-8-17-21(4)15(11)20-12)16-7-6-13-18-9(2)10(3)22-13/h8H,5-7H2,1-4H3,(H,16,19,20). The molecule has 0 fully saturated rings. The smallest absolute Gasteiger partial charge is 0.163 e. The first-order valence-electron chi connectivity index (χ1n) is 7.44. The van der Waals surface area contributed by atoms with Crippen LogP contribution in [0.15, 0.2) is 6.20 Å². The molecule has 7 heteroatoms. The first kappa shape index (κ1) is 14.9. The molecule has 22 heavy (non-hydrogen) atoms. The van der Waals surface area contributed by atoms with Gasteiger partial charge in [0.15, 0.2) is 5.65 Å². The van der Waals surface area contributed by atoms with E-state index in [1.165, 1.54) is 4.88 Å². The van der Waals surface area contributed by atoms with Gasteiger partial charge in [0, 0.05) is 31.3 Å². The molecule has 0 saturated heterocycles. The maximum Gasteiger partial charge on any atom is 0.163 e. The predicted molar refractivity (Wildman–Crippen MR) is 89.5 cm³/mol. The Labute approximate surface area is 133 Å². The third kappa shape index (κ3) is 2.81. The summed E-state index contributed by atoms with van der Waals surface area (Å²) in [6.45, 7) is 7.03. The lowest BCUT2D eigenvalue weighted by Gasteiger charge is -2.07. The first-order chi connectivity index (χ1) is 10.6. The van der Waals surface area contributed by atoms with Gasteiger partial charge >= 0.3 is 0 Å². The minimum atomic E-state index is 0.802. The van der Waals surface area contributed by atoms with Crippen LogP contribution in [-0.2, 0) is 19.9 Å². The lowest BCUT2D eigenvalue weighted by atomic mass is 10.3. The quantitative estimate of drug-likeness (QED) is 0.784. The molecule has 0 amide bonds. The third-order valence-corrected chi connectivity index (χ3v) is 4.79. The second-order valence-electron chi connectivity index (χ2n) is 5.27. The van der Waals surface area contributed by atoms with E-state index >= 15 is 0 Å². The summed E-state index contributed by atoms with van der Waals surface area (Å²) >= 11 is 1.76. The van der Waals surface area contributed by atoms with Crippen LogP contribution in [0.25, 0.3) is 11.0 Å². The zero-order chi connectivity index (χ0) is 15.7. The second-order valence-corrected chi connectivity index (χ2v) is 6.56. The van der Waals surface area contributed by atoms with Crippen LogP contribution in [0, 0.1) is 13.8 Å². The molecule has 0 aliphatic carbocycles. The van der Waals surface area contributed by atoms with E-state index in [0.29, 0.717) is 0 Å². The van der Waals surface area contributed by atoms with E-state index in [-0.39, 0.29) is 0 Å². The van der Waals surface area contributed by atoms with Crippen molar-refractivity contribution >= 4 is 28.2 Å². The normalized spacial score (nSPS) is 11.3. The molecule has 6 nitrogen and oxygen atoms in total. The molecule has 116 valence electrons. The zero-order valence-corrected chi connectivity index (χ0v) is 14.2. The molecule has 0 bridgehead atoms. The summed E-state index contributed by atoms with van der Waals surface area (Å²) in [5, 5.41) is 9.82. The van der Waals surface area contributed by atoms with Gasteiger partial charge in [-0.15, -0.1) is 11.3 Å². The molecule has 0 saturated carbocycles. The third-order valence-electron chi connectivity index (χ3n) is 3.66. The number of thiazole rings is 1. The van der Waals surface area contributed by atoms with Crippen molar-refractivity contribution in [2.75, 3.05) is 11.9 Å². The number of anilines is 1. The lowest BCUT2D eigenvalue weighted by molar-refractivity contribution is 0.779. The average molecular weight is 316 g/mol. The summed E-state index contributed by atoms with van der Waals surface area (Å²) in [5.74, 6) is 1.69. The molecule has 1 N–H and O–H groups in total. The Morgan fingerprint density at radius 2 is 2.05 bits per heavy atom. The van der Waals surface area contributed by atoms with Crippen molar-refractivity contribution < 1.29 is 0 Å². The number of nitrogens with zero attached hydrogens (tertiary/aromatic N) is 5. The minimum absolute atomic E-state index is 0.802. The van der Waals surface area contributed by atoms with E-state index in [1.807, 2.05) is 13.2 Å². The van der Waals surface area contributed by atoms with Gasteiger partial charge in [0.05, 0.1) is 22.3 Å². The minimum Gasteiger partial charge on any atom is -0.369 e. The van der Waals surface area contributed by atoms with Crippen LogP contribution < -0.4 is 5.32 Å². The highest BCUT2D eigenvalue weighted by Gasteiger charge is 2.11. The van der Waals surface area contributed by atoms with E-state index in [2.05, 4.69) is 46.1 Å². The van der Waals surface area contributed by atoms with Gasteiger partial charge in [-0.1, -0.05) is 6.92 Å². The van der Waals surface area contributed by atoms with E-state index < -0.39 is 0 Å². The summed E-state index contributed by atoms with van der Waals surface area (Å²) in [6, 6.07) is 0. The number of hydrogen-bond acceptors (Lipinski definition) is 6. The highest BCUT2D eigenvalue weighted by molar-refractivity contribution is 7.11. The molecular weight excluding hydrogens is 296 g/mol. The van der Waals surface area contributed by atoms with Crippen molar-refractivity contribution in [2.24, 2.45) is 7.05 Å². The molecule has 0 aromatic carbocycles. The summed E-state index contributed by atoms with van der Waals surface area (Å²) in [6.07, 6.45) is 3.52. The SMILES string of the molecule is CCc1nc(NCCc2nc(C)c(C)s2)c2cnn(C)c2n1. The lowest BCUT2D eigenvalue weighted by Crippen LogP contribution is -2.09. The Morgan fingerprint density at radius 1 is 1.23 bits per heavy atom. The summed E-state index contributed by atoms with van der Waals surface area (Å²) in [7, 11) is 1.90. The number of rotatable bonds is 5. The molecule has 3 rings (SSSR count). The van der Waals surface area contributed by atoms with Crippen molar-refractivity contribution in [3.8, 4) is 0 Å². The molecule has 0 aliphatic heterocycles. The number of hydrogen-bond donors (Lipinski definition) is 1. The number of nitrogens with one attached hydrogen (secondary N) is 1. The van der Waals surface area contributed by atoms with Crippen molar-refractivity contribution in [2.45, 2.75) is 33.6 Å². The monoisotopic (exact) mass is 316 g/mol. The highest BCUT2D eigenvalue weighted by atomic mass is 32.1. The Morgan fingerprint density at radius 3 is 2.73 bits per heavy atom. The maximum atomic E-state index is 4.59. The van der Waals surface area contributed by atoms with E-state index in [4.69, 9.17) is 0 Å². The van der Waals surface area contributed by atoms with Crippen molar-refractivity contribution in [3.63, 3.8) is 0 Å². The van der Waals surface area contributed by atoms with Crippen LogP contribution >= 0.6 is 11.3 Å². The second kappa shape index (κ2) is 6.00. The zero-order valence-electron chi connectivity index (χ0n) is 13.3. The van der Waals surface area contributed by atoms with Gasteiger partial charge in [0.1, 0.15) is 11.6 Å². The van der Waals surface area contributed by atoms with Crippen LogP contribution in [0.4, 0.5) is 5.82 Å². The molecule has 3 heterocycles. The van der Waals surface area contributed by atoms with Gasteiger partial charge in [-0.05, 0) is 13.8 Å². The average Bonchev–Trinajstić information content (AvgIpc) is 3.03. The van der Waals surface area contributed by atoms with Crippen LogP contribution in [0.3, 0.4) is 0 Å². The molecule has 3 aromatic rings. The van der Waals surface area contributed by atoms with E-state index in [9.17, 15) is 0 Å². The predicted octanol–water partition coefficient (Wildman–Crippen LogP) is 2.65. The van der Waals surface area contributed by atoms with Crippen LogP contribution in [0.1, 0.15) is 28.3 Å². The van der Waals surface area contributed by atoms with Gasteiger partial charge in [0.25, 0.3) is 0 Å². The molecule has 0 aliphatic rings. The number of aromatic nitrogens is 5. The Bertz CT molecular complexity index is 784. The summed E-state index contributed by atoms with van der Waals surface area (Å²) in [4.78, 5) is 15.0. The van der Waals surface area contributed by atoms with Gasteiger partial charge in [-0.3, -0.25) is 4.68 Å². The molecular formula is C15H20N6S. The van der Waals surface area contributed by atoms with Crippen molar-refractivity contribution in [3.05, 3.63) is 27.6 Å². The Hall–Kier alpha value is -2.02. The van der Waals surface area contributed by atoms with Crippen LogP contribution in [-0.4, -0.2) is 31.3 Å². The van der Waals surface area contributed by atoms with Crippen molar-refractivity contribution in [1.82, 2.24) is 24.7 Å². The molecule has 0 unspecified atom stereocenters. The summed E-state index contributed by atoms with van der Waals surface area (Å²) in [5.41, 5.74) is 2.00. The fourth-order valence-electron chi connectivity index (χ4n) is 2.29. The number of aryl methyl sites for hydroxylation is 4.